The van der Waals surface area contributed by atoms with Gasteiger partial charge in [-0.3, -0.25) is 15.0 Å². The second kappa shape index (κ2) is 8.74. The van der Waals surface area contributed by atoms with E-state index in [-0.39, 0.29) is 12.2 Å². The number of nitrogens with zero attached hydrogens (tertiary/aromatic N) is 1. The van der Waals surface area contributed by atoms with Gasteiger partial charge < -0.3 is 0 Å². The van der Waals surface area contributed by atoms with Gasteiger partial charge in [0.1, 0.15) is 5.82 Å². The molecule has 1 aromatic carbocycles. The number of aryl methyl sites for hydroxylation is 1. The second-order valence-corrected chi connectivity index (χ2v) is 6.19. The molecule has 0 unspecified atom stereocenters. The number of hydroxylamine groups is 1. The summed E-state index contributed by atoms with van der Waals surface area (Å²) in [4.78, 5) is 15.6. The Hall–Kier alpha value is -2.24. The van der Waals surface area contributed by atoms with Crippen LogP contribution in [0.25, 0.3) is 5.57 Å². The second-order valence-electron chi connectivity index (χ2n) is 5.78. The first-order valence-electron chi connectivity index (χ1n) is 7.91. The Morgan fingerprint density at radius 2 is 2.12 bits per heavy atom. The molecule has 0 aliphatic rings. The summed E-state index contributed by atoms with van der Waals surface area (Å²) in [7, 11) is 0. The number of hydrogen-bond acceptors (Lipinski definition) is 3. The molecule has 0 saturated carbocycles. The van der Waals surface area contributed by atoms with Gasteiger partial charge in [-0.05, 0) is 61.1 Å². The van der Waals surface area contributed by atoms with E-state index in [0.29, 0.717) is 23.4 Å². The van der Waals surface area contributed by atoms with Gasteiger partial charge in [-0.2, -0.15) is 0 Å². The van der Waals surface area contributed by atoms with Crippen LogP contribution in [-0.4, -0.2) is 16.1 Å². The summed E-state index contributed by atoms with van der Waals surface area (Å²) in [6.45, 7) is 3.55. The largest absolute Gasteiger partial charge is 0.289 e. The van der Waals surface area contributed by atoms with E-state index in [1.54, 1.807) is 30.7 Å². The van der Waals surface area contributed by atoms with E-state index >= 15 is 0 Å². The fourth-order valence-electron chi connectivity index (χ4n) is 2.46. The zero-order chi connectivity index (χ0) is 18.4. The first-order valence-corrected chi connectivity index (χ1v) is 8.28. The van der Waals surface area contributed by atoms with Crippen LogP contribution in [0, 0.1) is 19.7 Å². The highest BCUT2D eigenvalue weighted by molar-refractivity contribution is 6.31. The number of rotatable bonds is 6. The van der Waals surface area contributed by atoms with Crippen LogP contribution in [0.15, 0.2) is 36.5 Å². The maximum Gasteiger partial charge on any atom is 0.243 e. The molecular weight excluding hydrogens is 343 g/mol. The average Bonchev–Trinajstić information content (AvgIpc) is 2.60. The molecule has 0 bridgehead atoms. The molecule has 2 aromatic rings. The molecule has 0 fully saturated rings. The smallest absolute Gasteiger partial charge is 0.243 e. The van der Waals surface area contributed by atoms with Gasteiger partial charge in [0, 0.05) is 12.6 Å². The van der Waals surface area contributed by atoms with Crippen LogP contribution in [0.5, 0.6) is 0 Å². The Morgan fingerprint density at radius 1 is 1.36 bits per heavy atom. The Balaban J connectivity index is 2.30. The normalized spacial score (nSPS) is 11.5. The van der Waals surface area contributed by atoms with E-state index in [9.17, 15) is 9.18 Å². The summed E-state index contributed by atoms with van der Waals surface area (Å²) in [5, 5.41) is 9.22. The van der Waals surface area contributed by atoms with Crippen LogP contribution < -0.4 is 5.48 Å². The number of halogens is 2. The van der Waals surface area contributed by atoms with Crippen molar-refractivity contribution in [2.45, 2.75) is 33.1 Å². The van der Waals surface area contributed by atoms with E-state index in [1.807, 2.05) is 19.1 Å². The topological polar surface area (TPSA) is 62.2 Å². The minimum atomic E-state index is -0.473. The van der Waals surface area contributed by atoms with Gasteiger partial charge in [0.25, 0.3) is 0 Å². The van der Waals surface area contributed by atoms with Crippen molar-refractivity contribution in [2.24, 2.45) is 0 Å². The molecule has 2 N–H and O–H groups in total. The lowest BCUT2D eigenvalue weighted by molar-refractivity contribution is -0.129. The van der Waals surface area contributed by atoms with Crippen molar-refractivity contribution in [3.8, 4) is 0 Å². The van der Waals surface area contributed by atoms with Crippen LogP contribution in [0.2, 0.25) is 5.02 Å². The number of nitrogens with one attached hydrogen (secondary N) is 1. The highest BCUT2D eigenvalue weighted by atomic mass is 35.5. The minimum Gasteiger partial charge on any atom is -0.289 e. The van der Waals surface area contributed by atoms with E-state index in [1.165, 1.54) is 6.07 Å². The molecule has 1 heterocycles. The highest BCUT2D eigenvalue weighted by Crippen LogP contribution is 2.25. The predicted molar refractivity (Wildman–Crippen MR) is 96.0 cm³/mol. The van der Waals surface area contributed by atoms with Gasteiger partial charge in [0.05, 0.1) is 10.7 Å². The SMILES string of the molecule is Cc1ncc(/C(=C/Cc2cccc(F)c2C)CCC(=O)NO)cc1Cl. The molecule has 1 aromatic heterocycles. The van der Waals surface area contributed by atoms with Crippen molar-refractivity contribution in [3.05, 3.63) is 69.8 Å². The van der Waals surface area contributed by atoms with Crippen LogP contribution >= 0.6 is 11.6 Å². The monoisotopic (exact) mass is 362 g/mol. The Morgan fingerprint density at radius 3 is 2.80 bits per heavy atom. The number of carbonyl (C=O) groups excluding carboxylic acids is 1. The van der Waals surface area contributed by atoms with E-state index in [2.05, 4.69) is 4.98 Å². The maximum atomic E-state index is 13.7. The van der Waals surface area contributed by atoms with Gasteiger partial charge in [0.2, 0.25) is 5.91 Å². The number of hydrogen-bond donors (Lipinski definition) is 2. The third-order valence-electron chi connectivity index (χ3n) is 4.09. The zero-order valence-corrected chi connectivity index (χ0v) is 14.9. The van der Waals surface area contributed by atoms with Gasteiger partial charge >= 0.3 is 0 Å². The lowest BCUT2D eigenvalue weighted by Crippen LogP contribution is -2.18. The van der Waals surface area contributed by atoms with Crippen molar-refractivity contribution in [3.63, 3.8) is 0 Å². The fraction of sp³-hybridized carbons (Fsp3) is 0.263. The molecule has 0 saturated heterocycles. The number of aromatic nitrogens is 1. The van der Waals surface area contributed by atoms with Gasteiger partial charge in [-0.1, -0.05) is 29.8 Å². The lowest BCUT2D eigenvalue weighted by Gasteiger charge is -2.10. The standard InChI is InChI=1S/C19H20ClFN2O2/c1-12-14(4-3-5-18(12)21)6-7-15(8-9-19(24)23-25)16-10-17(20)13(2)22-11-16/h3-5,7,10-11,25H,6,8-9H2,1-2H3,(H,23,24)/b15-7+. The van der Waals surface area contributed by atoms with Crippen LogP contribution in [0.1, 0.15) is 35.2 Å². The van der Waals surface area contributed by atoms with Crippen molar-refractivity contribution in [1.29, 1.82) is 0 Å². The Kier molecular flexibility index (Phi) is 6.67. The van der Waals surface area contributed by atoms with Gasteiger partial charge in [0.15, 0.2) is 0 Å². The molecule has 1 amide bonds. The van der Waals surface area contributed by atoms with Crippen LogP contribution in [0.3, 0.4) is 0 Å². The predicted octanol–water partition coefficient (Wildman–Crippen LogP) is 4.40. The fourth-order valence-corrected chi connectivity index (χ4v) is 2.62. The average molecular weight is 363 g/mol. The maximum absolute atomic E-state index is 13.7. The van der Waals surface area contributed by atoms with Gasteiger partial charge in [-0.15, -0.1) is 0 Å². The summed E-state index contributed by atoms with van der Waals surface area (Å²) in [6.07, 6.45) is 4.68. The quantitative estimate of drug-likeness (QED) is 0.591. The molecule has 0 aliphatic heterocycles. The van der Waals surface area contributed by atoms with Crippen molar-refractivity contribution >= 4 is 23.1 Å². The molecule has 4 nitrogen and oxygen atoms in total. The first kappa shape index (κ1) is 19.1. The van der Waals surface area contributed by atoms with Crippen molar-refractivity contribution in [2.75, 3.05) is 0 Å². The van der Waals surface area contributed by atoms with E-state index in [4.69, 9.17) is 16.8 Å². The third-order valence-corrected chi connectivity index (χ3v) is 4.47. The number of benzene rings is 1. The van der Waals surface area contributed by atoms with Crippen molar-refractivity contribution < 1.29 is 14.4 Å². The minimum absolute atomic E-state index is 0.121. The van der Waals surface area contributed by atoms with Gasteiger partial charge in [-0.25, -0.2) is 9.87 Å². The van der Waals surface area contributed by atoms with E-state index in [0.717, 1.165) is 22.4 Å². The molecule has 25 heavy (non-hydrogen) atoms. The van der Waals surface area contributed by atoms with E-state index < -0.39 is 5.91 Å². The molecule has 6 heteroatoms. The highest BCUT2D eigenvalue weighted by Gasteiger charge is 2.09. The first-order chi connectivity index (χ1) is 11.9. The Labute approximate surface area is 151 Å². The molecule has 0 aliphatic carbocycles. The number of amides is 1. The summed E-state index contributed by atoms with van der Waals surface area (Å²) >= 11 is 6.15. The third kappa shape index (κ3) is 5.11. The molecular formula is C19H20ClFN2O2. The molecule has 132 valence electrons. The van der Waals surface area contributed by atoms with Crippen LogP contribution in [-0.2, 0) is 11.2 Å². The summed E-state index contributed by atoms with van der Waals surface area (Å²) < 4.78 is 13.7. The van der Waals surface area contributed by atoms with Crippen molar-refractivity contribution in [1.82, 2.24) is 10.5 Å². The summed E-state index contributed by atoms with van der Waals surface area (Å²) in [5.41, 5.74) is 5.48. The lowest BCUT2D eigenvalue weighted by atomic mass is 9.98. The summed E-state index contributed by atoms with van der Waals surface area (Å²) in [6, 6.07) is 6.77. The molecule has 0 atom stereocenters. The zero-order valence-electron chi connectivity index (χ0n) is 14.1. The van der Waals surface area contributed by atoms with Crippen LogP contribution in [0.4, 0.5) is 4.39 Å². The number of carbonyl (C=O) groups is 1. The molecule has 2 rings (SSSR count). The molecule has 0 radical (unpaired) electrons. The number of allylic oxidation sites excluding steroid dienone is 2. The summed E-state index contributed by atoms with van der Waals surface area (Å²) in [5.74, 6) is -0.717. The Bertz CT molecular complexity index is 806. The molecule has 0 spiro atoms. The number of pyridine rings is 1.